The maximum atomic E-state index is 11.9. The molecule has 0 fully saturated rings. The van der Waals surface area contributed by atoms with Gasteiger partial charge in [-0.05, 0) is 48.7 Å². The third-order valence-corrected chi connectivity index (χ3v) is 3.62. The van der Waals surface area contributed by atoms with E-state index < -0.39 is 6.10 Å². The smallest absolute Gasteiger partial charge is 0.254 e. The van der Waals surface area contributed by atoms with Crippen LogP contribution in [0.3, 0.4) is 0 Å². The number of rotatable bonds is 5. The van der Waals surface area contributed by atoms with Crippen molar-refractivity contribution in [3.05, 3.63) is 45.5 Å². The van der Waals surface area contributed by atoms with Crippen molar-refractivity contribution in [1.29, 1.82) is 0 Å². The SMILES string of the molecule is Cc1cc(C(=O)NCCC(O)c2ccsc2)c(C)o1. The Kier molecular flexibility index (Phi) is 4.39. The van der Waals surface area contributed by atoms with Crippen LogP contribution in [0.5, 0.6) is 0 Å². The van der Waals surface area contributed by atoms with E-state index >= 15 is 0 Å². The molecule has 2 aromatic heterocycles. The molecule has 1 atom stereocenters. The number of hydrogen-bond donors (Lipinski definition) is 2. The molecule has 2 heterocycles. The van der Waals surface area contributed by atoms with E-state index in [9.17, 15) is 9.90 Å². The van der Waals surface area contributed by atoms with Crippen molar-refractivity contribution < 1.29 is 14.3 Å². The fourth-order valence-corrected chi connectivity index (χ4v) is 2.61. The second-order valence-corrected chi connectivity index (χ2v) is 5.22. The largest absolute Gasteiger partial charge is 0.466 e. The number of carbonyl (C=O) groups excluding carboxylic acids is 1. The molecule has 4 nitrogen and oxygen atoms in total. The third kappa shape index (κ3) is 3.45. The summed E-state index contributed by atoms with van der Waals surface area (Å²) in [5.41, 5.74) is 1.46. The Morgan fingerprint density at radius 2 is 2.32 bits per heavy atom. The molecular weight excluding hydrogens is 262 g/mol. The molecule has 0 aliphatic carbocycles. The molecule has 2 rings (SSSR count). The highest BCUT2D eigenvalue weighted by molar-refractivity contribution is 7.07. The minimum absolute atomic E-state index is 0.160. The molecule has 2 aromatic rings. The Hall–Kier alpha value is -1.59. The van der Waals surface area contributed by atoms with E-state index in [0.29, 0.717) is 24.3 Å². The number of thiophene rings is 1. The predicted molar refractivity (Wildman–Crippen MR) is 74.4 cm³/mol. The zero-order valence-corrected chi connectivity index (χ0v) is 11.8. The summed E-state index contributed by atoms with van der Waals surface area (Å²) in [6, 6.07) is 3.61. The Balaban J connectivity index is 1.83. The van der Waals surface area contributed by atoms with Crippen LogP contribution in [-0.4, -0.2) is 17.6 Å². The monoisotopic (exact) mass is 279 g/mol. The Labute approximate surface area is 116 Å². The van der Waals surface area contributed by atoms with Gasteiger partial charge in [0.15, 0.2) is 0 Å². The lowest BCUT2D eigenvalue weighted by atomic mass is 10.1. The van der Waals surface area contributed by atoms with E-state index in [1.165, 1.54) is 0 Å². The topological polar surface area (TPSA) is 62.5 Å². The van der Waals surface area contributed by atoms with E-state index in [2.05, 4.69) is 5.32 Å². The number of aliphatic hydroxyl groups is 1. The van der Waals surface area contributed by atoms with Gasteiger partial charge >= 0.3 is 0 Å². The highest BCUT2D eigenvalue weighted by Gasteiger charge is 2.14. The molecule has 0 spiro atoms. The fourth-order valence-electron chi connectivity index (χ4n) is 1.91. The van der Waals surface area contributed by atoms with Gasteiger partial charge in [0.1, 0.15) is 11.5 Å². The average molecular weight is 279 g/mol. The molecule has 0 saturated carbocycles. The van der Waals surface area contributed by atoms with Crippen molar-refractivity contribution in [1.82, 2.24) is 5.32 Å². The van der Waals surface area contributed by atoms with Crippen LogP contribution in [0.25, 0.3) is 0 Å². The van der Waals surface area contributed by atoms with Crippen molar-refractivity contribution in [2.75, 3.05) is 6.54 Å². The number of carbonyl (C=O) groups is 1. The molecule has 19 heavy (non-hydrogen) atoms. The van der Waals surface area contributed by atoms with Gasteiger partial charge in [-0.3, -0.25) is 4.79 Å². The van der Waals surface area contributed by atoms with Crippen LogP contribution in [0.4, 0.5) is 0 Å². The Morgan fingerprint density at radius 3 is 2.89 bits per heavy atom. The maximum Gasteiger partial charge on any atom is 0.254 e. The van der Waals surface area contributed by atoms with Gasteiger partial charge in [-0.1, -0.05) is 0 Å². The zero-order chi connectivity index (χ0) is 13.8. The number of furan rings is 1. The van der Waals surface area contributed by atoms with Crippen LogP contribution in [0.1, 0.15) is 40.0 Å². The van der Waals surface area contributed by atoms with Gasteiger partial charge < -0.3 is 14.8 Å². The van der Waals surface area contributed by atoms with Gasteiger partial charge in [0.05, 0.1) is 11.7 Å². The van der Waals surface area contributed by atoms with Gasteiger partial charge in [-0.2, -0.15) is 11.3 Å². The molecule has 5 heteroatoms. The molecule has 0 saturated heterocycles. The Morgan fingerprint density at radius 1 is 1.53 bits per heavy atom. The minimum atomic E-state index is -0.529. The van der Waals surface area contributed by atoms with E-state index in [1.54, 1.807) is 24.3 Å². The summed E-state index contributed by atoms with van der Waals surface area (Å²) < 4.78 is 5.31. The van der Waals surface area contributed by atoms with Crippen LogP contribution in [0.15, 0.2) is 27.3 Å². The average Bonchev–Trinajstić information content (AvgIpc) is 2.98. The van der Waals surface area contributed by atoms with Crippen LogP contribution in [0.2, 0.25) is 0 Å². The van der Waals surface area contributed by atoms with Crippen molar-refractivity contribution in [2.24, 2.45) is 0 Å². The summed E-state index contributed by atoms with van der Waals surface area (Å²) in [5, 5.41) is 16.5. The maximum absolute atomic E-state index is 11.9. The van der Waals surface area contributed by atoms with Crippen LogP contribution >= 0.6 is 11.3 Å². The zero-order valence-electron chi connectivity index (χ0n) is 11.0. The molecule has 0 radical (unpaired) electrons. The molecule has 1 amide bonds. The van der Waals surface area contributed by atoms with Crippen molar-refractivity contribution in [3.8, 4) is 0 Å². The highest BCUT2D eigenvalue weighted by atomic mass is 32.1. The van der Waals surface area contributed by atoms with Crippen LogP contribution in [0, 0.1) is 13.8 Å². The van der Waals surface area contributed by atoms with E-state index in [0.717, 1.165) is 11.3 Å². The van der Waals surface area contributed by atoms with Crippen molar-refractivity contribution >= 4 is 17.2 Å². The third-order valence-electron chi connectivity index (χ3n) is 2.92. The first-order chi connectivity index (χ1) is 9.08. The molecule has 0 bridgehead atoms. The standard InChI is InChI=1S/C14H17NO3S/c1-9-7-12(10(2)18-9)14(17)15-5-3-13(16)11-4-6-19-8-11/h4,6-8,13,16H,3,5H2,1-2H3,(H,15,17). The molecule has 1 unspecified atom stereocenters. The summed E-state index contributed by atoms with van der Waals surface area (Å²) >= 11 is 1.55. The van der Waals surface area contributed by atoms with Crippen molar-refractivity contribution in [2.45, 2.75) is 26.4 Å². The number of aryl methyl sites for hydroxylation is 2. The molecule has 0 aliphatic heterocycles. The second kappa shape index (κ2) is 6.04. The van der Waals surface area contributed by atoms with Gasteiger partial charge in [-0.25, -0.2) is 0 Å². The molecule has 0 aromatic carbocycles. The van der Waals surface area contributed by atoms with E-state index in [-0.39, 0.29) is 5.91 Å². The second-order valence-electron chi connectivity index (χ2n) is 4.44. The van der Waals surface area contributed by atoms with Crippen LogP contribution < -0.4 is 5.32 Å². The Bertz CT molecular complexity index is 545. The first kappa shape index (κ1) is 13.8. The quantitative estimate of drug-likeness (QED) is 0.884. The summed E-state index contributed by atoms with van der Waals surface area (Å²) in [5.74, 6) is 1.18. The first-order valence-electron chi connectivity index (χ1n) is 6.13. The number of aliphatic hydroxyl groups excluding tert-OH is 1. The van der Waals surface area contributed by atoms with Gasteiger partial charge in [0, 0.05) is 6.54 Å². The summed E-state index contributed by atoms with van der Waals surface area (Å²) in [6.45, 7) is 4.01. The number of nitrogens with one attached hydrogen (secondary N) is 1. The molecular formula is C14H17NO3S. The summed E-state index contributed by atoms with van der Waals surface area (Å²) in [4.78, 5) is 11.9. The molecule has 2 N–H and O–H groups in total. The minimum Gasteiger partial charge on any atom is -0.466 e. The first-order valence-corrected chi connectivity index (χ1v) is 7.07. The highest BCUT2D eigenvalue weighted by Crippen LogP contribution is 2.19. The van der Waals surface area contributed by atoms with Gasteiger partial charge in [0.2, 0.25) is 0 Å². The van der Waals surface area contributed by atoms with E-state index in [4.69, 9.17) is 4.42 Å². The lowest BCUT2D eigenvalue weighted by molar-refractivity contribution is 0.0941. The van der Waals surface area contributed by atoms with E-state index in [1.807, 2.05) is 23.8 Å². The van der Waals surface area contributed by atoms with Gasteiger partial charge in [0.25, 0.3) is 5.91 Å². The van der Waals surface area contributed by atoms with Gasteiger partial charge in [-0.15, -0.1) is 0 Å². The van der Waals surface area contributed by atoms with Crippen molar-refractivity contribution in [3.63, 3.8) is 0 Å². The van der Waals surface area contributed by atoms with Crippen LogP contribution in [-0.2, 0) is 0 Å². The molecule has 102 valence electrons. The number of amides is 1. The fraction of sp³-hybridized carbons (Fsp3) is 0.357. The summed E-state index contributed by atoms with van der Waals surface area (Å²) in [6.07, 6.45) is -0.0306. The summed E-state index contributed by atoms with van der Waals surface area (Å²) in [7, 11) is 0. The predicted octanol–water partition coefficient (Wildman–Crippen LogP) is 2.81. The molecule has 0 aliphatic rings. The lowest BCUT2D eigenvalue weighted by Crippen LogP contribution is -2.25. The number of hydrogen-bond acceptors (Lipinski definition) is 4. The lowest BCUT2D eigenvalue weighted by Gasteiger charge is -2.09. The normalized spacial score (nSPS) is 12.4.